The zero-order chi connectivity index (χ0) is 14.5. The predicted molar refractivity (Wildman–Crippen MR) is 77.6 cm³/mol. The molecule has 1 aliphatic rings. The number of rotatable bonds is 4. The lowest BCUT2D eigenvalue weighted by molar-refractivity contribution is -0.384. The number of piperidine rings is 1. The van der Waals surface area contributed by atoms with Crippen molar-refractivity contribution in [1.82, 2.24) is 4.90 Å². The van der Waals surface area contributed by atoms with E-state index in [-0.39, 0.29) is 17.6 Å². The van der Waals surface area contributed by atoms with Crippen molar-refractivity contribution in [2.24, 2.45) is 5.73 Å². The number of carbonyl (C=O) groups excluding carboxylic acids is 1. The molecule has 0 aliphatic carbocycles. The molecule has 108 valence electrons. The molecule has 1 aromatic rings. The summed E-state index contributed by atoms with van der Waals surface area (Å²) in [5.41, 5.74) is 5.86. The van der Waals surface area contributed by atoms with Gasteiger partial charge in [-0.15, -0.1) is 11.8 Å². The molecule has 2 rings (SSSR count). The first-order chi connectivity index (χ1) is 9.56. The normalized spacial score (nSPS) is 16.1. The molecule has 1 fully saturated rings. The van der Waals surface area contributed by atoms with Crippen LogP contribution in [0.1, 0.15) is 12.8 Å². The molecule has 1 aliphatic heterocycles. The van der Waals surface area contributed by atoms with Gasteiger partial charge in [-0.1, -0.05) is 0 Å². The predicted octanol–water partition coefficient (Wildman–Crippen LogP) is 1.64. The highest BCUT2D eigenvalue weighted by atomic mass is 32.2. The zero-order valence-corrected chi connectivity index (χ0v) is 11.8. The van der Waals surface area contributed by atoms with Gasteiger partial charge in [0, 0.05) is 36.2 Å². The molecule has 1 heterocycles. The lowest BCUT2D eigenvalue weighted by Crippen LogP contribution is -2.43. The Balaban J connectivity index is 1.82. The molecule has 1 aromatic carbocycles. The Labute approximate surface area is 121 Å². The number of nitro benzene ring substituents is 1. The number of hydrogen-bond donors (Lipinski definition) is 1. The summed E-state index contributed by atoms with van der Waals surface area (Å²) in [4.78, 5) is 24.8. The first-order valence-electron chi connectivity index (χ1n) is 6.47. The van der Waals surface area contributed by atoms with Gasteiger partial charge in [0.15, 0.2) is 0 Å². The Morgan fingerprint density at radius 1 is 1.35 bits per heavy atom. The van der Waals surface area contributed by atoms with Gasteiger partial charge in [0.25, 0.3) is 5.69 Å². The van der Waals surface area contributed by atoms with Crippen molar-refractivity contribution in [2.45, 2.75) is 23.8 Å². The molecule has 2 N–H and O–H groups in total. The Morgan fingerprint density at radius 3 is 2.50 bits per heavy atom. The Hall–Kier alpha value is -1.60. The average molecular weight is 295 g/mol. The average Bonchev–Trinajstić information content (AvgIpc) is 2.46. The Morgan fingerprint density at radius 2 is 1.95 bits per heavy atom. The maximum atomic E-state index is 12.0. The van der Waals surface area contributed by atoms with Gasteiger partial charge in [-0.3, -0.25) is 14.9 Å². The van der Waals surface area contributed by atoms with Gasteiger partial charge in [-0.25, -0.2) is 0 Å². The second-order valence-electron chi connectivity index (χ2n) is 4.76. The summed E-state index contributed by atoms with van der Waals surface area (Å²) in [5, 5.41) is 10.5. The first-order valence-corrected chi connectivity index (χ1v) is 7.45. The lowest BCUT2D eigenvalue weighted by atomic mass is 10.1. The molecular formula is C13H17N3O3S. The van der Waals surface area contributed by atoms with E-state index in [2.05, 4.69) is 0 Å². The quantitative estimate of drug-likeness (QED) is 0.518. The van der Waals surface area contributed by atoms with Crippen LogP contribution in [0, 0.1) is 10.1 Å². The summed E-state index contributed by atoms with van der Waals surface area (Å²) in [6, 6.07) is 6.45. The van der Waals surface area contributed by atoms with E-state index >= 15 is 0 Å². The fourth-order valence-electron chi connectivity index (χ4n) is 2.05. The van der Waals surface area contributed by atoms with E-state index in [0.717, 1.165) is 30.8 Å². The van der Waals surface area contributed by atoms with Crippen molar-refractivity contribution in [3.05, 3.63) is 34.4 Å². The minimum absolute atomic E-state index is 0.0608. The number of amides is 1. The summed E-state index contributed by atoms with van der Waals surface area (Å²) in [6.07, 6.45) is 1.71. The molecule has 20 heavy (non-hydrogen) atoms. The molecule has 0 bridgehead atoms. The summed E-state index contributed by atoms with van der Waals surface area (Å²) in [6.45, 7) is 1.45. The topological polar surface area (TPSA) is 89.5 Å². The maximum Gasteiger partial charge on any atom is 0.269 e. The van der Waals surface area contributed by atoms with Gasteiger partial charge in [-0.05, 0) is 25.0 Å². The Kier molecular flexibility index (Phi) is 4.97. The smallest absolute Gasteiger partial charge is 0.269 e. The van der Waals surface area contributed by atoms with Crippen LogP contribution < -0.4 is 5.73 Å². The minimum atomic E-state index is -0.434. The van der Waals surface area contributed by atoms with Crippen LogP contribution in [0.25, 0.3) is 0 Å². The third kappa shape index (κ3) is 3.94. The highest BCUT2D eigenvalue weighted by Gasteiger charge is 2.20. The van der Waals surface area contributed by atoms with E-state index in [0.29, 0.717) is 5.75 Å². The molecule has 0 saturated carbocycles. The third-order valence-corrected chi connectivity index (χ3v) is 4.30. The monoisotopic (exact) mass is 295 g/mol. The number of nitrogens with two attached hydrogens (primary N) is 1. The van der Waals surface area contributed by atoms with Gasteiger partial charge in [-0.2, -0.15) is 0 Å². The fourth-order valence-corrected chi connectivity index (χ4v) is 2.85. The highest BCUT2D eigenvalue weighted by Crippen LogP contribution is 2.22. The summed E-state index contributed by atoms with van der Waals surface area (Å²) in [5.74, 6) is 0.452. The number of nitrogens with zero attached hydrogens (tertiary/aromatic N) is 2. The van der Waals surface area contributed by atoms with Gasteiger partial charge in [0.2, 0.25) is 5.91 Å². The molecule has 1 saturated heterocycles. The van der Waals surface area contributed by atoms with Crippen LogP contribution in [0.3, 0.4) is 0 Å². The molecule has 6 nitrogen and oxygen atoms in total. The minimum Gasteiger partial charge on any atom is -0.342 e. The second-order valence-corrected chi connectivity index (χ2v) is 5.81. The molecule has 0 spiro atoms. The third-order valence-electron chi connectivity index (χ3n) is 3.30. The van der Waals surface area contributed by atoms with Crippen molar-refractivity contribution in [3.63, 3.8) is 0 Å². The fraction of sp³-hybridized carbons (Fsp3) is 0.462. The number of benzene rings is 1. The van der Waals surface area contributed by atoms with Crippen molar-refractivity contribution in [1.29, 1.82) is 0 Å². The van der Waals surface area contributed by atoms with Crippen molar-refractivity contribution >= 4 is 23.4 Å². The first kappa shape index (κ1) is 14.8. The molecule has 0 radical (unpaired) electrons. The van der Waals surface area contributed by atoms with Crippen LogP contribution in [-0.4, -0.2) is 40.6 Å². The standard InChI is InChI=1S/C13H17N3O3S/c14-10-5-7-15(8-6-10)13(17)9-20-12-3-1-11(2-4-12)16(18)19/h1-4,10H,5-9,14H2. The number of non-ortho nitro benzene ring substituents is 1. The van der Waals surface area contributed by atoms with Gasteiger partial charge in [0.05, 0.1) is 10.7 Å². The largest absolute Gasteiger partial charge is 0.342 e. The van der Waals surface area contributed by atoms with Crippen LogP contribution in [0.15, 0.2) is 29.2 Å². The van der Waals surface area contributed by atoms with E-state index in [1.807, 2.05) is 4.90 Å². The summed E-state index contributed by atoms with van der Waals surface area (Å²) in [7, 11) is 0. The molecular weight excluding hydrogens is 278 g/mol. The summed E-state index contributed by atoms with van der Waals surface area (Å²) >= 11 is 1.40. The number of carbonyl (C=O) groups is 1. The van der Waals surface area contributed by atoms with Crippen molar-refractivity contribution in [2.75, 3.05) is 18.8 Å². The van der Waals surface area contributed by atoms with E-state index in [1.54, 1.807) is 12.1 Å². The molecule has 0 unspecified atom stereocenters. The van der Waals surface area contributed by atoms with E-state index in [9.17, 15) is 14.9 Å². The summed E-state index contributed by atoms with van der Waals surface area (Å²) < 4.78 is 0. The lowest BCUT2D eigenvalue weighted by Gasteiger charge is -2.30. The molecule has 0 aromatic heterocycles. The second kappa shape index (κ2) is 6.71. The Bertz CT molecular complexity index is 484. The highest BCUT2D eigenvalue weighted by molar-refractivity contribution is 8.00. The number of thioether (sulfide) groups is 1. The SMILES string of the molecule is NC1CCN(C(=O)CSc2ccc([N+](=O)[O-])cc2)CC1. The van der Waals surface area contributed by atoms with Crippen LogP contribution in [-0.2, 0) is 4.79 Å². The van der Waals surface area contributed by atoms with Crippen molar-refractivity contribution in [3.8, 4) is 0 Å². The zero-order valence-electron chi connectivity index (χ0n) is 11.0. The van der Waals surface area contributed by atoms with Crippen LogP contribution >= 0.6 is 11.8 Å². The number of likely N-dealkylation sites (tertiary alicyclic amines) is 1. The van der Waals surface area contributed by atoms with Crippen LogP contribution in [0.2, 0.25) is 0 Å². The van der Waals surface area contributed by atoms with Gasteiger partial charge >= 0.3 is 0 Å². The number of hydrogen-bond acceptors (Lipinski definition) is 5. The maximum absolute atomic E-state index is 12.0. The van der Waals surface area contributed by atoms with Crippen molar-refractivity contribution < 1.29 is 9.72 Å². The van der Waals surface area contributed by atoms with Gasteiger partial charge < -0.3 is 10.6 Å². The van der Waals surface area contributed by atoms with Crippen LogP contribution in [0.5, 0.6) is 0 Å². The van der Waals surface area contributed by atoms with E-state index < -0.39 is 4.92 Å². The molecule has 7 heteroatoms. The van der Waals surface area contributed by atoms with Crippen LogP contribution in [0.4, 0.5) is 5.69 Å². The van der Waals surface area contributed by atoms with E-state index in [1.165, 1.54) is 23.9 Å². The van der Waals surface area contributed by atoms with E-state index in [4.69, 9.17) is 5.73 Å². The number of nitro groups is 1. The molecule has 1 amide bonds. The van der Waals surface area contributed by atoms with Gasteiger partial charge in [0.1, 0.15) is 0 Å². The molecule has 0 atom stereocenters.